The molecule has 0 aliphatic carbocycles. The second-order valence-corrected chi connectivity index (χ2v) is 4.74. The van der Waals surface area contributed by atoms with E-state index in [4.69, 9.17) is 9.84 Å². The number of hydrogen-bond acceptors (Lipinski definition) is 4. The van der Waals surface area contributed by atoms with Crippen LogP contribution in [0.4, 0.5) is 0 Å². The van der Waals surface area contributed by atoms with Gasteiger partial charge in [-0.1, -0.05) is 0 Å². The molecule has 2 aromatic rings. The third-order valence-electron chi connectivity index (χ3n) is 3.26. The van der Waals surface area contributed by atoms with Crippen molar-refractivity contribution in [3.63, 3.8) is 0 Å². The monoisotopic (exact) mass is 276 g/mol. The van der Waals surface area contributed by atoms with Crippen LogP contribution in [0.15, 0.2) is 18.5 Å². The van der Waals surface area contributed by atoms with Crippen LogP contribution in [0.3, 0.4) is 0 Å². The zero-order valence-electron chi connectivity index (χ0n) is 11.9. The SMILES string of the molecule is CCOC(=O)c1cc2c(cn1)c(C)cn2CCCCO. The van der Waals surface area contributed by atoms with Crippen molar-refractivity contribution in [2.24, 2.45) is 0 Å². The van der Waals surface area contributed by atoms with Crippen molar-refractivity contribution >= 4 is 16.9 Å². The number of carbonyl (C=O) groups is 1. The van der Waals surface area contributed by atoms with Crippen molar-refractivity contribution in [2.75, 3.05) is 13.2 Å². The first-order valence-corrected chi connectivity index (χ1v) is 6.90. The number of hydrogen-bond donors (Lipinski definition) is 1. The molecule has 2 heterocycles. The second kappa shape index (κ2) is 6.52. The van der Waals surface area contributed by atoms with Gasteiger partial charge in [0.2, 0.25) is 0 Å². The Kier molecular flexibility index (Phi) is 4.74. The molecule has 5 nitrogen and oxygen atoms in total. The van der Waals surface area contributed by atoms with Crippen LogP contribution in [0.25, 0.3) is 10.9 Å². The molecule has 0 aromatic carbocycles. The van der Waals surface area contributed by atoms with E-state index in [1.54, 1.807) is 19.2 Å². The summed E-state index contributed by atoms with van der Waals surface area (Å²) in [4.78, 5) is 15.9. The number of nitrogens with zero attached hydrogens (tertiary/aromatic N) is 2. The van der Waals surface area contributed by atoms with Crippen LogP contribution in [0.5, 0.6) is 0 Å². The average molecular weight is 276 g/mol. The summed E-state index contributed by atoms with van der Waals surface area (Å²) < 4.78 is 7.08. The molecule has 0 bridgehead atoms. The predicted octanol–water partition coefficient (Wildman–Crippen LogP) is 2.29. The maximum absolute atomic E-state index is 11.7. The number of aromatic nitrogens is 2. The first-order chi connectivity index (χ1) is 9.67. The molecule has 0 atom stereocenters. The Balaban J connectivity index is 2.33. The zero-order valence-corrected chi connectivity index (χ0v) is 11.9. The minimum atomic E-state index is -0.393. The molecular formula is C15H20N2O3. The van der Waals surface area contributed by atoms with Crippen LogP contribution in [0.2, 0.25) is 0 Å². The van der Waals surface area contributed by atoms with Gasteiger partial charge in [-0.2, -0.15) is 0 Å². The van der Waals surface area contributed by atoms with Gasteiger partial charge >= 0.3 is 5.97 Å². The molecule has 20 heavy (non-hydrogen) atoms. The van der Waals surface area contributed by atoms with E-state index >= 15 is 0 Å². The number of unbranched alkanes of at least 4 members (excludes halogenated alkanes) is 1. The molecule has 0 aliphatic heterocycles. The highest BCUT2D eigenvalue weighted by Crippen LogP contribution is 2.21. The maximum atomic E-state index is 11.7. The van der Waals surface area contributed by atoms with E-state index < -0.39 is 5.97 Å². The Morgan fingerprint density at radius 1 is 1.45 bits per heavy atom. The Morgan fingerprint density at radius 2 is 2.25 bits per heavy atom. The summed E-state index contributed by atoms with van der Waals surface area (Å²) in [7, 11) is 0. The normalized spacial score (nSPS) is 10.9. The van der Waals surface area contributed by atoms with Gasteiger partial charge in [0.15, 0.2) is 0 Å². The molecule has 0 fully saturated rings. The summed E-state index contributed by atoms with van der Waals surface area (Å²) in [5, 5.41) is 9.90. The van der Waals surface area contributed by atoms with Gasteiger partial charge in [-0.25, -0.2) is 9.78 Å². The van der Waals surface area contributed by atoms with Gasteiger partial charge in [0, 0.05) is 30.9 Å². The minimum Gasteiger partial charge on any atom is -0.461 e. The first kappa shape index (κ1) is 14.5. The number of esters is 1. The Bertz CT molecular complexity index is 604. The molecule has 5 heteroatoms. The maximum Gasteiger partial charge on any atom is 0.356 e. The number of rotatable bonds is 6. The van der Waals surface area contributed by atoms with Crippen LogP contribution in [0.1, 0.15) is 35.8 Å². The lowest BCUT2D eigenvalue weighted by molar-refractivity contribution is 0.0519. The van der Waals surface area contributed by atoms with E-state index in [9.17, 15) is 4.79 Å². The van der Waals surface area contributed by atoms with E-state index in [2.05, 4.69) is 15.7 Å². The molecule has 0 spiro atoms. The fraction of sp³-hybridized carbons (Fsp3) is 0.467. The van der Waals surface area contributed by atoms with Gasteiger partial charge in [0.1, 0.15) is 5.69 Å². The molecule has 0 saturated heterocycles. The molecule has 0 saturated carbocycles. The highest BCUT2D eigenvalue weighted by Gasteiger charge is 2.12. The quantitative estimate of drug-likeness (QED) is 0.649. The van der Waals surface area contributed by atoms with Gasteiger partial charge < -0.3 is 14.4 Å². The Labute approximate surface area is 118 Å². The van der Waals surface area contributed by atoms with Crippen LogP contribution in [-0.4, -0.2) is 33.8 Å². The van der Waals surface area contributed by atoms with Crippen molar-refractivity contribution < 1.29 is 14.6 Å². The highest BCUT2D eigenvalue weighted by molar-refractivity contribution is 5.93. The summed E-state index contributed by atoms with van der Waals surface area (Å²) in [6.45, 7) is 5.16. The molecule has 0 unspecified atom stereocenters. The molecule has 1 N–H and O–H groups in total. The lowest BCUT2D eigenvalue weighted by Crippen LogP contribution is -2.07. The minimum absolute atomic E-state index is 0.202. The molecular weight excluding hydrogens is 256 g/mol. The number of aliphatic hydroxyl groups is 1. The number of fused-ring (bicyclic) bond motifs is 1. The van der Waals surface area contributed by atoms with Crippen molar-refractivity contribution in [3.8, 4) is 0 Å². The van der Waals surface area contributed by atoms with Crippen molar-refractivity contribution in [3.05, 3.63) is 29.7 Å². The Hall–Kier alpha value is -1.88. The molecule has 108 valence electrons. The number of ether oxygens (including phenoxy) is 1. The number of aliphatic hydroxyl groups excluding tert-OH is 1. The predicted molar refractivity (Wildman–Crippen MR) is 76.7 cm³/mol. The fourth-order valence-corrected chi connectivity index (χ4v) is 2.25. The van der Waals surface area contributed by atoms with Crippen molar-refractivity contribution in [2.45, 2.75) is 33.2 Å². The largest absolute Gasteiger partial charge is 0.461 e. The van der Waals surface area contributed by atoms with Gasteiger partial charge in [-0.05, 0) is 38.3 Å². The van der Waals surface area contributed by atoms with E-state index in [1.807, 2.05) is 6.92 Å². The average Bonchev–Trinajstić information content (AvgIpc) is 2.76. The summed E-state index contributed by atoms with van der Waals surface area (Å²) in [5.41, 5.74) is 2.45. The smallest absolute Gasteiger partial charge is 0.356 e. The summed E-state index contributed by atoms with van der Waals surface area (Å²) in [5.74, 6) is -0.393. The second-order valence-electron chi connectivity index (χ2n) is 4.74. The van der Waals surface area contributed by atoms with Crippen LogP contribution in [0, 0.1) is 6.92 Å². The topological polar surface area (TPSA) is 64.3 Å². The lowest BCUT2D eigenvalue weighted by Gasteiger charge is -2.06. The van der Waals surface area contributed by atoms with Crippen molar-refractivity contribution in [1.29, 1.82) is 0 Å². The van der Waals surface area contributed by atoms with E-state index in [1.165, 1.54) is 0 Å². The standard InChI is InChI=1S/C15H20N2O3/c1-3-20-15(19)13-8-14-12(9-16-13)11(2)10-17(14)6-4-5-7-18/h8-10,18H,3-7H2,1-2H3. The fourth-order valence-electron chi connectivity index (χ4n) is 2.25. The summed E-state index contributed by atoms with van der Waals surface area (Å²) >= 11 is 0. The van der Waals surface area contributed by atoms with E-state index in [0.717, 1.165) is 35.9 Å². The van der Waals surface area contributed by atoms with Gasteiger partial charge in [0.25, 0.3) is 0 Å². The van der Waals surface area contributed by atoms with E-state index in [0.29, 0.717) is 12.3 Å². The molecule has 2 aromatic heterocycles. The molecule has 0 aliphatic rings. The third-order valence-corrected chi connectivity index (χ3v) is 3.26. The zero-order chi connectivity index (χ0) is 14.5. The van der Waals surface area contributed by atoms with E-state index in [-0.39, 0.29) is 6.61 Å². The van der Waals surface area contributed by atoms with Crippen LogP contribution < -0.4 is 0 Å². The summed E-state index contributed by atoms with van der Waals surface area (Å²) in [6.07, 6.45) is 5.45. The highest BCUT2D eigenvalue weighted by atomic mass is 16.5. The van der Waals surface area contributed by atoms with Crippen LogP contribution >= 0.6 is 0 Å². The third kappa shape index (κ3) is 2.99. The molecule has 2 rings (SSSR count). The molecule has 0 amide bonds. The molecule has 0 radical (unpaired) electrons. The van der Waals surface area contributed by atoms with Gasteiger partial charge in [-0.15, -0.1) is 0 Å². The number of aryl methyl sites for hydroxylation is 2. The lowest BCUT2D eigenvalue weighted by atomic mass is 10.2. The first-order valence-electron chi connectivity index (χ1n) is 6.90. The van der Waals surface area contributed by atoms with Crippen molar-refractivity contribution in [1.82, 2.24) is 9.55 Å². The number of carbonyl (C=O) groups excluding carboxylic acids is 1. The number of pyridine rings is 1. The Morgan fingerprint density at radius 3 is 2.95 bits per heavy atom. The van der Waals surface area contributed by atoms with Gasteiger partial charge in [-0.3, -0.25) is 0 Å². The van der Waals surface area contributed by atoms with Crippen LogP contribution in [-0.2, 0) is 11.3 Å². The van der Waals surface area contributed by atoms with Gasteiger partial charge in [0.05, 0.1) is 12.1 Å². The summed E-state index contributed by atoms with van der Waals surface area (Å²) in [6, 6.07) is 1.78.